The summed E-state index contributed by atoms with van der Waals surface area (Å²) in [5, 5.41) is 0. The minimum absolute atomic E-state index is 0.0793. The first kappa shape index (κ1) is 15.1. The minimum atomic E-state index is -0.305. The van der Waals surface area contributed by atoms with E-state index in [1.165, 1.54) is 12.1 Å². The van der Waals surface area contributed by atoms with Crippen LogP contribution >= 0.6 is 0 Å². The number of halogens is 1. The Morgan fingerprint density at radius 1 is 1.40 bits per heavy atom. The fraction of sp³-hybridized carbons (Fsp3) is 0.562. The van der Waals surface area contributed by atoms with Crippen molar-refractivity contribution in [3.8, 4) is 0 Å². The summed E-state index contributed by atoms with van der Waals surface area (Å²) in [4.78, 5) is 16.9. The lowest BCUT2D eigenvalue weighted by Crippen LogP contribution is -2.46. The maximum atomic E-state index is 12.9. The van der Waals surface area contributed by atoms with E-state index in [0.717, 1.165) is 25.9 Å². The molecule has 4 heteroatoms. The molecule has 1 aromatic carbocycles. The normalized spacial score (nSPS) is 21.4. The van der Waals surface area contributed by atoms with E-state index in [1.54, 1.807) is 12.1 Å². The van der Waals surface area contributed by atoms with Gasteiger partial charge in [-0.1, -0.05) is 0 Å². The van der Waals surface area contributed by atoms with Gasteiger partial charge in [-0.05, 0) is 64.7 Å². The highest BCUT2D eigenvalue weighted by Crippen LogP contribution is 2.22. The first-order valence-electron chi connectivity index (χ1n) is 7.19. The second-order valence-electron chi connectivity index (χ2n) is 5.84. The Balaban J connectivity index is 2.07. The summed E-state index contributed by atoms with van der Waals surface area (Å²) in [6.45, 7) is 3.90. The number of ketones is 1. The molecule has 0 spiro atoms. The number of carbonyl (C=O) groups excluding carboxylic acids is 1. The Labute approximate surface area is 120 Å². The fourth-order valence-electron chi connectivity index (χ4n) is 2.99. The van der Waals surface area contributed by atoms with Gasteiger partial charge in [-0.25, -0.2) is 4.39 Å². The van der Waals surface area contributed by atoms with E-state index in [4.69, 9.17) is 0 Å². The van der Waals surface area contributed by atoms with Crippen LogP contribution in [0, 0.1) is 5.82 Å². The molecule has 2 rings (SSSR count). The molecule has 1 saturated heterocycles. The third kappa shape index (κ3) is 3.44. The predicted octanol–water partition coefficient (Wildman–Crippen LogP) is 2.42. The average Bonchev–Trinajstić information content (AvgIpc) is 2.85. The monoisotopic (exact) mass is 278 g/mol. The summed E-state index contributed by atoms with van der Waals surface area (Å²) in [6, 6.07) is 6.14. The largest absolute Gasteiger partial charge is 0.308 e. The third-order valence-electron chi connectivity index (χ3n) is 4.00. The molecule has 0 aromatic heterocycles. The van der Waals surface area contributed by atoms with Gasteiger partial charge in [-0.3, -0.25) is 9.69 Å². The molecule has 1 heterocycles. The van der Waals surface area contributed by atoms with Crippen molar-refractivity contribution in [2.24, 2.45) is 0 Å². The Morgan fingerprint density at radius 3 is 2.65 bits per heavy atom. The second kappa shape index (κ2) is 6.46. The molecule has 2 unspecified atom stereocenters. The number of benzene rings is 1. The van der Waals surface area contributed by atoms with Gasteiger partial charge in [0, 0.05) is 18.2 Å². The van der Waals surface area contributed by atoms with Crippen LogP contribution in [0.1, 0.15) is 30.1 Å². The third-order valence-corrected chi connectivity index (χ3v) is 4.00. The molecule has 1 aliphatic heterocycles. The summed E-state index contributed by atoms with van der Waals surface area (Å²) in [6.07, 6.45) is 2.28. The predicted molar refractivity (Wildman–Crippen MR) is 78.5 cm³/mol. The maximum Gasteiger partial charge on any atom is 0.179 e. The van der Waals surface area contributed by atoms with Gasteiger partial charge in [0.15, 0.2) is 5.78 Å². The van der Waals surface area contributed by atoms with Gasteiger partial charge in [0.1, 0.15) is 5.82 Å². The molecule has 2 atom stereocenters. The van der Waals surface area contributed by atoms with Gasteiger partial charge < -0.3 is 4.90 Å². The quantitative estimate of drug-likeness (QED) is 0.773. The maximum absolute atomic E-state index is 12.9. The molecule has 110 valence electrons. The molecule has 0 saturated carbocycles. The molecular formula is C16H23FN2O. The summed E-state index contributed by atoms with van der Waals surface area (Å²) in [7, 11) is 4.12. The number of carbonyl (C=O) groups is 1. The van der Waals surface area contributed by atoms with Crippen molar-refractivity contribution in [2.45, 2.75) is 31.8 Å². The lowest BCUT2D eigenvalue weighted by Gasteiger charge is -2.31. The molecule has 0 N–H and O–H groups in total. The molecule has 1 aromatic rings. The zero-order valence-electron chi connectivity index (χ0n) is 12.5. The van der Waals surface area contributed by atoms with Gasteiger partial charge >= 0.3 is 0 Å². The lowest BCUT2D eigenvalue weighted by atomic mass is 10.0. The van der Waals surface area contributed by atoms with E-state index in [0.29, 0.717) is 11.6 Å². The van der Waals surface area contributed by atoms with E-state index in [1.807, 2.05) is 6.92 Å². The van der Waals surface area contributed by atoms with Crippen molar-refractivity contribution in [1.82, 2.24) is 9.80 Å². The standard InChI is InChI=1S/C16H23FN2O/c1-12(16(20)13-6-8-14(17)9-7-13)19-10-4-5-15(19)11-18(2)3/h6-9,12,15H,4-5,10-11H2,1-3H3. The summed E-state index contributed by atoms with van der Waals surface area (Å²) in [5.74, 6) is -0.225. The number of nitrogens with zero attached hydrogens (tertiary/aromatic N) is 2. The highest BCUT2D eigenvalue weighted by Gasteiger charge is 2.32. The van der Waals surface area contributed by atoms with E-state index in [2.05, 4.69) is 23.9 Å². The zero-order valence-corrected chi connectivity index (χ0v) is 12.5. The SMILES string of the molecule is CC(C(=O)c1ccc(F)cc1)N1CCCC1CN(C)C. The number of hydrogen-bond acceptors (Lipinski definition) is 3. The summed E-state index contributed by atoms with van der Waals surface area (Å²) in [5.41, 5.74) is 0.592. The molecule has 0 amide bonds. The van der Waals surface area contributed by atoms with E-state index >= 15 is 0 Å². The summed E-state index contributed by atoms with van der Waals surface area (Å²) < 4.78 is 12.9. The highest BCUT2D eigenvalue weighted by molar-refractivity contribution is 5.99. The number of likely N-dealkylation sites (tertiary alicyclic amines) is 1. The Hall–Kier alpha value is -1.26. The number of likely N-dealkylation sites (N-methyl/N-ethyl adjacent to an activating group) is 1. The molecule has 3 nitrogen and oxygen atoms in total. The zero-order chi connectivity index (χ0) is 14.7. The molecule has 0 bridgehead atoms. The van der Waals surface area contributed by atoms with Crippen molar-refractivity contribution in [3.05, 3.63) is 35.6 Å². The van der Waals surface area contributed by atoms with Crippen molar-refractivity contribution in [2.75, 3.05) is 27.2 Å². The van der Waals surface area contributed by atoms with E-state index in [-0.39, 0.29) is 17.6 Å². The van der Waals surface area contributed by atoms with Crippen LogP contribution in [-0.2, 0) is 0 Å². The average molecular weight is 278 g/mol. The van der Waals surface area contributed by atoms with Gasteiger partial charge in [0.05, 0.1) is 6.04 Å². The Bertz CT molecular complexity index is 458. The van der Waals surface area contributed by atoms with E-state index < -0.39 is 0 Å². The van der Waals surface area contributed by atoms with E-state index in [9.17, 15) is 9.18 Å². The van der Waals surface area contributed by atoms with Crippen LogP contribution in [0.5, 0.6) is 0 Å². The molecule has 1 aliphatic rings. The van der Waals surface area contributed by atoms with Crippen molar-refractivity contribution in [1.29, 1.82) is 0 Å². The first-order valence-corrected chi connectivity index (χ1v) is 7.19. The number of hydrogen-bond donors (Lipinski definition) is 0. The van der Waals surface area contributed by atoms with Crippen LogP contribution in [0.3, 0.4) is 0 Å². The van der Waals surface area contributed by atoms with Gasteiger partial charge in [0.2, 0.25) is 0 Å². The first-order chi connectivity index (χ1) is 9.49. The van der Waals surface area contributed by atoms with Crippen LogP contribution in [-0.4, -0.2) is 54.9 Å². The minimum Gasteiger partial charge on any atom is -0.308 e. The van der Waals surface area contributed by atoms with Crippen molar-refractivity contribution >= 4 is 5.78 Å². The van der Waals surface area contributed by atoms with Gasteiger partial charge in [-0.2, -0.15) is 0 Å². The van der Waals surface area contributed by atoms with Crippen molar-refractivity contribution < 1.29 is 9.18 Å². The number of Topliss-reactive ketones (excluding diaryl/α,β-unsaturated/α-hetero) is 1. The van der Waals surface area contributed by atoms with Crippen LogP contribution < -0.4 is 0 Å². The molecule has 0 radical (unpaired) electrons. The molecule has 20 heavy (non-hydrogen) atoms. The summed E-state index contributed by atoms with van der Waals surface area (Å²) >= 11 is 0. The van der Waals surface area contributed by atoms with Crippen LogP contribution in [0.4, 0.5) is 4.39 Å². The Kier molecular flexibility index (Phi) is 4.89. The van der Waals surface area contributed by atoms with Gasteiger partial charge in [0.25, 0.3) is 0 Å². The highest BCUT2D eigenvalue weighted by atomic mass is 19.1. The van der Waals surface area contributed by atoms with Crippen LogP contribution in [0.25, 0.3) is 0 Å². The van der Waals surface area contributed by atoms with Crippen LogP contribution in [0.15, 0.2) is 24.3 Å². The second-order valence-corrected chi connectivity index (χ2v) is 5.84. The smallest absolute Gasteiger partial charge is 0.179 e. The molecular weight excluding hydrogens is 255 g/mol. The van der Waals surface area contributed by atoms with Crippen LogP contribution in [0.2, 0.25) is 0 Å². The van der Waals surface area contributed by atoms with Crippen molar-refractivity contribution in [3.63, 3.8) is 0 Å². The molecule has 1 fully saturated rings. The fourth-order valence-corrected chi connectivity index (χ4v) is 2.99. The number of rotatable bonds is 5. The molecule has 0 aliphatic carbocycles. The Morgan fingerprint density at radius 2 is 2.05 bits per heavy atom. The lowest BCUT2D eigenvalue weighted by molar-refractivity contribution is 0.0799. The van der Waals surface area contributed by atoms with Gasteiger partial charge in [-0.15, -0.1) is 0 Å². The topological polar surface area (TPSA) is 23.6 Å².